The molecule has 1 aromatic carbocycles. The molecule has 114 valence electrons. The maximum absolute atomic E-state index is 12.2. The zero-order valence-electron chi connectivity index (χ0n) is 11.3. The molecule has 0 fully saturated rings. The van der Waals surface area contributed by atoms with Crippen LogP contribution in [-0.4, -0.2) is 25.7 Å². The molecule has 0 aliphatic heterocycles. The second-order valence-electron chi connectivity index (χ2n) is 4.88. The van der Waals surface area contributed by atoms with Crippen LogP contribution >= 0.6 is 27.5 Å². The Morgan fingerprint density at radius 2 is 2.10 bits per heavy atom. The standard InChI is InChI=1S/C12H18BrClN2O3S/c1-3-4-12(2,17)7-16-20(18,19)10-6-8(14)5-9(15)11(10)13/h5-6,16-17H,3-4,7,15H2,1-2H3. The van der Waals surface area contributed by atoms with E-state index >= 15 is 0 Å². The van der Waals surface area contributed by atoms with E-state index < -0.39 is 15.6 Å². The highest BCUT2D eigenvalue weighted by atomic mass is 79.9. The molecule has 0 radical (unpaired) electrons. The van der Waals surface area contributed by atoms with Gasteiger partial charge in [-0.15, -0.1) is 0 Å². The number of benzene rings is 1. The van der Waals surface area contributed by atoms with Crippen LogP contribution in [0, 0.1) is 0 Å². The molecule has 0 heterocycles. The van der Waals surface area contributed by atoms with Gasteiger partial charge in [0.15, 0.2) is 0 Å². The van der Waals surface area contributed by atoms with Crippen LogP contribution in [0.3, 0.4) is 0 Å². The first-order valence-electron chi connectivity index (χ1n) is 6.05. The molecule has 1 rings (SSSR count). The Balaban J connectivity index is 3.01. The molecule has 1 aromatic rings. The fourth-order valence-electron chi connectivity index (χ4n) is 1.74. The summed E-state index contributed by atoms with van der Waals surface area (Å²) in [6.07, 6.45) is 1.25. The van der Waals surface area contributed by atoms with E-state index in [2.05, 4.69) is 20.7 Å². The lowest BCUT2D eigenvalue weighted by Gasteiger charge is -2.23. The van der Waals surface area contributed by atoms with Gasteiger partial charge in [-0.2, -0.15) is 0 Å². The van der Waals surface area contributed by atoms with E-state index in [1.54, 1.807) is 6.92 Å². The topological polar surface area (TPSA) is 92.4 Å². The number of rotatable bonds is 6. The zero-order valence-corrected chi connectivity index (χ0v) is 14.4. The number of anilines is 1. The Labute approximate surface area is 132 Å². The van der Waals surface area contributed by atoms with Gasteiger partial charge >= 0.3 is 0 Å². The van der Waals surface area contributed by atoms with E-state index in [1.807, 2.05) is 6.92 Å². The Bertz CT molecular complexity index is 591. The number of nitrogens with one attached hydrogen (secondary N) is 1. The van der Waals surface area contributed by atoms with Crippen molar-refractivity contribution in [3.8, 4) is 0 Å². The summed E-state index contributed by atoms with van der Waals surface area (Å²) in [7, 11) is -3.81. The average molecular weight is 386 g/mol. The average Bonchev–Trinajstić information content (AvgIpc) is 2.31. The summed E-state index contributed by atoms with van der Waals surface area (Å²) in [5, 5.41) is 10.2. The lowest BCUT2D eigenvalue weighted by atomic mass is 10.0. The van der Waals surface area contributed by atoms with Crippen LogP contribution in [-0.2, 0) is 10.0 Å². The highest BCUT2D eigenvalue weighted by Crippen LogP contribution is 2.31. The predicted octanol–water partition coefficient (Wildman–Crippen LogP) is 2.51. The quantitative estimate of drug-likeness (QED) is 0.656. The third kappa shape index (κ3) is 4.60. The number of hydrogen-bond donors (Lipinski definition) is 3. The van der Waals surface area contributed by atoms with Crippen molar-refractivity contribution in [2.24, 2.45) is 0 Å². The lowest BCUT2D eigenvalue weighted by molar-refractivity contribution is 0.0554. The van der Waals surface area contributed by atoms with Crippen LogP contribution in [0.5, 0.6) is 0 Å². The molecule has 0 spiro atoms. The maximum Gasteiger partial charge on any atom is 0.241 e. The molecular weight excluding hydrogens is 368 g/mol. The molecule has 1 atom stereocenters. The fraction of sp³-hybridized carbons (Fsp3) is 0.500. The SMILES string of the molecule is CCCC(C)(O)CNS(=O)(=O)c1cc(Cl)cc(N)c1Br. The van der Waals surface area contributed by atoms with E-state index in [4.69, 9.17) is 17.3 Å². The van der Waals surface area contributed by atoms with E-state index in [1.165, 1.54) is 12.1 Å². The molecule has 8 heteroatoms. The number of aliphatic hydroxyl groups is 1. The van der Waals surface area contributed by atoms with Crippen molar-refractivity contribution < 1.29 is 13.5 Å². The second kappa shape index (κ2) is 6.62. The zero-order chi connectivity index (χ0) is 15.6. The van der Waals surface area contributed by atoms with E-state index in [0.29, 0.717) is 6.42 Å². The number of nitrogen functional groups attached to an aromatic ring is 1. The molecule has 1 unspecified atom stereocenters. The minimum Gasteiger partial charge on any atom is -0.398 e. The van der Waals surface area contributed by atoms with Crippen molar-refractivity contribution in [2.75, 3.05) is 12.3 Å². The van der Waals surface area contributed by atoms with E-state index in [0.717, 1.165) is 6.42 Å². The molecule has 0 aromatic heterocycles. The number of hydrogen-bond acceptors (Lipinski definition) is 4. The van der Waals surface area contributed by atoms with Crippen molar-refractivity contribution >= 4 is 43.2 Å². The van der Waals surface area contributed by atoms with Crippen LogP contribution in [0.2, 0.25) is 5.02 Å². The van der Waals surface area contributed by atoms with Gasteiger partial charge in [0, 0.05) is 17.3 Å². The normalized spacial score (nSPS) is 15.1. The third-order valence-corrected chi connectivity index (χ3v) is 5.54. The summed E-state index contributed by atoms with van der Waals surface area (Å²) in [6.45, 7) is 3.42. The first-order chi connectivity index (χ1) is 9.09. The Kier molecular flexibility index (Phi) is 5.86. The van der Waals surface area contributed by atoms with Gasteiger partial charge in [-0.05, 0) is 41.4 Å². The molecule has 5 nitrogen and oxygen atoms in total. The molecule has 0 amide bonds. The minimum absolute atomic E-state index is 0.0465. The molecule has 0 saturated heterocycles. The van der Waals surface area contributed by atoms with Gasteiger partial charge in [0.05, 0.1) is 15.0 Å². The van der Waals surface area contributed by atoms with Gasteiger partial charge in [0.2, 0.25) is 10.0 Å². The molecule has 0 aliphatic carbocycles. The van der Waals surface area contributed by atoms with Gasteiger partial charge in [-0.25, -0.2) is 13.1 Å². The predicted molar refractivity (Wildman–Crippen MR) is 84.3 cm³/mol. The first-order valence-corrected chi connectivity index (χ1v) is 8.71. The third-order valence-electron chi connectivity index (χ3n) is 2.75. The maximum atomic E-state index is 12.2. The molecule has 0 saturated carbocycles. The summed E-state index contributed by atoms with van der Waals surface area (Å²) in [4.78, 5) is -0.0465. The monoisotopic (exact) mass is 384 g/mol. The van der Waals surface area contributed by atoms with Gasteiger partial charge in [0.25, 0.3) is 0 Å². The van der Waals surface area contributed by atoms with Crippen molar-refractivity contribution in [1.82, 2.24) is 4.72 Å². The summed E-state index contributed by atoms with van der Waals surface area (Å²) in [5.41, 5.74) is 4.81. The van der Waals surface area contributed by atoms with Crippen LogP contribution < -0.4 is 10.5 Å². The van der Waals surface area contributed by atoms with Gasteiger partial charge in [0.1, 0.15) is 0 Å². The van der Waals surface area contributed by atoms with Gasteiger partial charge in [-0.1, -0.05) is 24.9 Å². The summed E-state index contributed by atoms with van der Waals surface area (Å²) < 4.78 is 27.1. The van der Waals surface area contributed by atoms with Crippen molar-refractivity contribution in [3.05, 3.63) is 21.6 Å². The molecule has 4 N–H and O–H groups in total. The van der Waals surface area contributed by atoms with Crippen molar-refractivity contribution in [1.29, 1.82) is 0 Å². The fourth-order valence-corrected chi connectivity index (χ4v) is 4.19. The summed E-state index contributed by atoms with van der Waals surface area (Å²) in [5.74, 6) is 0. The van der Waals surface area contributed by atoms with Crippen molar-refractivity contribution in [2.45, 2.75) is 37.2 Å². The molecule has 0 bridgehead atoms. The Morgan fingerprint density at radius 3 is 2.65 bits per heavy atom. The number of sulfonamides is 1. The van der Waals surface area contributed by atoms with E-state index in [9.17, 15) is 13.5 Å². The largest absolute Gasteiger partial charge is 0.398 e. The van der Waals surface area contributed by atoms with Gasteiger partial charge < -0.3 is 10.8 Å². The van der Waals surface area contributed by atoms with Crippen LogP contribution in [0.25, 0.3) is 0 Å². The van der Waals surface area contributed by atoms with Crippen LogP contribution in [0.4, 0.5) is 5.69 Å². The minimum atomic E-state index is -3.81. The highest BCUT2D eigenvalue weighted by molar-refractivity contribution is 9.10. The highest BCUT2D eigenvalue weighted by Gasteiger charge is 2.25. The summed E-state index contributed by atoms with van der Waals surface area (Å²) >= 11 is 8.96. The van der Waals surface area contributed by atoms with Crippen molar-refractivity contribution in [3.63, 3.8) is 0 Å². The van der Waals surface area contributed by atoms with Crippen LogP contribution in [0.1, 0.15) is 26.7 Å². The Hall–Kier alpha value is -0.340. The molecule has 0 aliphatic rings. The van der Waals surface area contributed by atoms with Gasteiger partial charge in [-0.3, -0.25) is 0 Å². The molecule has 20 heavy (non-hydrogen) atoms. The number of nitrogens with two attached hydrogens (primary N) is 1. The van der Waals surface area contributed by atoms with Crippen LogP contribution in [0.15, 0.2) is 21.5 Å². The second-order valence-corrected chi connectivity index (χ2v) is 7.84. The smallest absolute Gasteiger partial charge is 0.241 e. The lowest BCUT2D eigenvalue weighted by Crippen LogP contribution is -2.40. The molecular formula is C12H18BrClN2O3S. The number of halogens is 2. The Morgan fingerprint density at radius 1 is 1.50 bits per heavy atom. The first kappa shape index (κ1) is 17.7. The van der Waals surface area contributed by atoms with E-state index in [-0.39, 0.29) is 26.6 Å². The summed E-state index contributed by atoms with van der Waals surface area (Å²) in [6, 6.07) is 2.76.